The predicted octanol–water partition coefficient (Wildman–Crippen LogP) is 1.79. The van der Waals surface area contributed by atoms with E-state index in [1.807, 2.05) is 6.92 Å². The molecule has 1 atom stereocenters. The third kappa shape index (κ3) is 4.28. The lowest BCUT2D eigenvalue weighted by Crippen LogP contribution is -2.28. The van der Waals surface area contributed by atoms with Crippen LogP contribution in [-0.2, 0) is 14.8 Å². The van der Waals surface area contributed by atoms with E-state index in [1.54, 1.807) is 32.4 Å². The van der Waals surface area contributed by atoms with Crippen molar-refractivity contribution >= 4 is 10.0 Å². The summed E-state index contributed by atoms with van der Waals surface area (Å²) in [5, 5.41) is 9.81. The van der Waals surface area contributed by atoms with Crippen molar-refractivity contribution in [1.82, 2.24) is 4.31 Å². The molecule has 0 aliphatic rings. The Kier molecular flexibility index (Phi) is 6.61. The second kappa shape index (κ2) is 7.73. The first-order valence-corrected chi connectivity index (χ1v) is 8.10. The van der Waals surface area contributed by atoms with E-state index in [0.29, 0.717) is 31.6 Å². The number of aliphatic hydroxyl groups is 1. The average Bonchev–Trinajstić information content (AvgIpc) is 2.46. The van der Waals surface area contributed by atoms with Crippen LogP contribution >= 0.6 is 0 Å². The molecule has 6 heteroatoms. The van der Waals surface area contributed by atoms with Crippen LogP contribution in [0.3, 0.4) is 0 Å². The summed E-state index contributed by atoms with van der Waals surface area (Å²) in [5.74, 6) is 0. The fourth-order valence-electron chi connectivity index (χ4n) is 1.85. The van der Waals surface area contributed by atoms with Crippen molar-refractivity contribution in [1.29, 1.82) is 0 Å². The minimum Gasteiger partial charge on any atom is -0.388 e. The van der Waals surface area contributed by atoms with Crippen molar-refractivity contribution in [3.63, 3.8) is 0 Å². The van der Waals surface area contributed by atoms with E-state index >= 15 is 0 Å². The van der Waals surface area contributed by atoms with Gasteiger partial charge in [-0.25, -0.2) is 12.7 Å². The molecule has 0 radical (unpaired) electrons. The first-order chi connectivity index (χ1) is 9.43. The summed E-state index contributed by atoms with van der Waals surface area (Å²) >= 11 is 0. The second-order valence-corrected chi connectivity index (χ2v) is 6.71. The average molecular weight is 301 g/mol. The third-order valence-corrected chi connectivity index (χ3v) is 5.01. The van der Waals surface area contributed by atoms with E-state index in [2.05, 4.69) is 0 Å². The Bertz CT molecular complexity index is 516. The number of hydrogen-bond donors (Lipinski definition) is 1. The van der Waals surface area contributed by atoms with Gasteiger partial charge in [0.2, 0.25) is 10.0 Å². The molecular weight excluding hydrogens is 278 g/mol. The van der Waals surface area contributed by atoms with Crippen LogP contribution in [0.5, 0.6) is 0 Å². The van der Waals surface area contributed by atoms with E-state index < -0.39 is 16.1 Å². The number of benzene rings is 1. The van der Waals surface area contributed by atoms with E-state index in [4.69, 9.17) is 4.74 Å². The summed E-state index contributed by atoms with van der Waals surface area (Å²) in [6.07, 6.45) is 0.556. The molecule has 0 heterocycles. The largest absolute Gasteiger partial charge is 0.388 e. The molecule has 114 valence electrons. The van der Waals surface area contributed by atoms with Crippen molar-refractivity contribution < 1.29 is 18.3 Å². The lowest BCUT2D eigenvalue weighted by Gasteiger charge is -2.18. The molecule has 1 aromatic carbocycles. The van der Waals surface area contributed by atoms with Crippen LogP contribution in [0.15, 0.2) is 29.2 Å². The van der Waals surface area contributed by atoms with Crippen molar-refractivity contribution in [2.24, 2.45) is 0 Å². The first kappa shape index (κ1) is 17.1. The SMILES string of the molecule is CCC(O)c1cccc(S(=O)(=O)N(C)CCCOC)c1. The molecule has 0 amide bonds. The molecule has 0 aromatic heterocycles. The molecule has 0 bridgehead atoms. The van der Waals surface area contributed by atoms with Gasteiger partial charge in [-0.3, -0.25) is 0 Å². The highest BCUT2D eigenvalue weighted by molar-refractivity contribution is 7.89. The summed E-state index contributed by atoms with van der Waals surface area (Å²) in [6.45, 7) is 2.77. The van der Waals surface area contributed by atoms with Crippen molar-refractivity contribution in [2.75, 3.05) is 27.3 Å². The fraction of sp³-hybridized carbons (Fsp3) is 0.571. The van der Waals surface area contributed by atoms with Crippen LogP contribution in [0.4, 0.5) is 0 Å². The van der Waals surface area contributed by atoms with Gasteiger partial charge in [0, 0.05) is 27.3 Å². The van der Waals surface area contributed by atoms with Crippen LogP contribution in [-0.4, -0.2) is 45.1 Å². The van der Waals surface area contributed by atoms with Gasteiger partial charge in [-0.05, 0) is 30.5 Å². The van der Waals surface area contributed by atoms with Gasteiger partial charge < -0.3 is 9.84 Å². The molecule has 1 unspecified atom stereocenters. The normalized spacial score (nSPS) is 13.7. The van der Waals surface area contributed by atoms with Crippen LogP contribution in [0, 0.1) is 0 Å². The van der Waals surface area contributed by atoms with Gasteiger partial charge in [-0.15, -0.1) is 0 Å². The molecule has 0 aliphatic carbocycles. The Hall–Kier alpha value is -0.950. The smallest absolute Gasteiger partial charge is 0.242 e. The Labute approximate surface area is 121 Å². The monoisotopic (exact) mass is 301 g/mol. The van der Waals surface area contributed by atoms with Gasteiger partial charge in [0.1, 0.15) is 0 Å². The molecule has 1 rings (SSSR count). The van der Waals surface area contributed by atoms with Gasteiger partial charge >= 0.3 is 0 Å². The molecule has 0 aliphatic heterocycles. The predicted molar refractivity (Wildman–Crippen MR) is 78.0 cm³/mol. The molecule has 20 heavy (non-hydrogen) atoms. The van der Waals surface area contributed by atoms with E-state index in [1.165, 1.54) is 10.4 Å². The standard InChI is InChI=1S/C14H23NO4S/c1-4-14(16)12-7-5-8-13(11-12)20(17,18)15(2)9-6-10-19-3/h5,7-8,11,14,16H,4,6,9-10H2,1-3H3. The number of hydrogen-bond acceptors (Lipinski definition) is 4. The second-order valence-electron chi connectivity index (χ2n) is 4.67. The Morgan fingerprint density at radius 2 is 2.10 bits per heavy atom. The molecular formula is C14H23NO4S. The van der Waals surface area contributed by atoms with E-state index in [0.717, 1.165) is 0 Å². The molecule has 5 nitrogen and oxygen atoms in total. The number of rotatable bonds is 8. The lowest BCUT2D eigenvalue weighted by atomic mass is 10.1. The van der Waals surface area contributed by atoms with Gasteiger partial charge in [-0.1, -0.05) is 19.1 Å². The Morgan fingerprint density at radius 3 is 2.70 bits per heavy atom. The maximum atomic E-state index is 12.4. The topological polar surface area (TPSA) is 66.8 Å². The van der Waals surface area contributed by atoms with Gasteiger partial charge in [0.05, 0.1) is 11.0 Å². The fourth-order valence-corrected chi connectivity index (χ4v) is 3.11. The van der Waals surface area contributed by atoms with Crippen LogP contribution in [0.2, 0.25) is 0 Å². The first-order valence-electron chi connectivity index (χ1n) is 6.66. The maximum absolute atomic E-state index is 12.4. The summed E-state index contributed by atoms with van der Waals surface area (Å²) in [5.41, 5.74) is 0.624. The minimum absolute atomic E-state index is 0.211. The quantitative estimate of drug-likeness (QED) is 0.743. The van der Waals surface area contributed by atoms with Gasteiger partial charge in [0.15, 0.2) is 0 Å². The number of ether oxygens (including phenoxy) is 1. The zero-order chi connectivity index (χ0) is 15.2. The molecule has 0 spiro atoms. The van der Waals surface area contributed by atoms with Crippen LogP contribution in [0.1, 0.15) is 31.4 Å². The molecule has 0 saturated heterocycles. The highest BCUT2D eigenvalue weighted by Crippen LogP contribution is 2.21. The molecule has 0 saturated carbocycles. The third-order valence-electron chi connectivity index (χ3n) is 3.16. The van der Waals surface area contributed by atoms with E-state index in [9.17, 15) is 13.5 Å². The van der Waals surface area contributed by atoms with Crippen LogP contribution < -0.4 is 0 Å². The molecule has 1 N–H and O–H groups in total. The maximum Gasteiger partial charge on any atom is 0.242 e. The number of sulfonamides is 1. The Balaban J connectivity index is 2.91. The summed E-state index contributed by atoms with van der Waals surface area (Å²) in [6, 6.07) is 6.48. The van der Waals surface area contributed by atoms with Gasteiger partial charge in [-0.2, -0.15) is 0 Å². The Morgan fingerprint density at radius 1 is 1.40 bits per heavy atom. The number of nitrogens with zero attached hydrogens (tertiary/aromatic N) is 1. The highest BCUT2D eigenvalue weighted by atomic mass is 32.2. The molecule has 1 aromatic rings. The number of aliphatic hydroxyl groups excluding tert-OH is 1. The van der Waals surface area contributed by atoms with Gasteiger partial charge in [0.25, 0.3) is 0 Å². The molecule has 0 fully saturated rings. The van der Waals surface area contributed by atoms with Crippen molar-refractivity contribution in [3.05, 3.63) is 29.8 Å². The zero-order valence-electron chi connectivity index (χ0n) is 12.2. The summed E-state index contributed by atoms with van der Waals surface area (Å²) < 4.78 is 31.0. The minimum atomic E-state index is -3.52. The van der Waals surface area contributed by atoms with E-state index in [-0.39, 0.29) is 4.90 Å². The zero-order valence-corrected chi connectivity index (χ0v) is 13.1. The number of methoxy groups -OCH3 is 1. The highest BCUT2D eigenvalue weighted by Gasteiger charge is 2.21. The summed E-state index contributed by atoms with van der Waals surface area (Å²) in [7, 11) is -0.380. The lowest BCUT2D eigenvalue weighted by molar-refractivity contribution is 0.173. The van der Waals surface area contributed by atoms with Crippen molar-refractivity contribution in [3.8, 4) is 0 Å². The van der Waals surface area contributed by atoms with Crippen molar-refractivity contribution in [2.45, 2.75) is 30.8 Å². The van der Waals surface area contributed by atoms with Crippen LogP contribution in [0.25, 0.3) is 0 Å². The summed E-state index contributed by atoms with van der Waals surface area (Å²) in [4.78, 5) is 0.211.